The first kappa shape index (κ1) is 10.7. The number of likely N-dealkylation sites (tertiary alicyclic amines) is 1. The van der Waals surface area contributed by atoms with Gasteiger partial charge in [0, 0.05) is 31.7 Å². The number of aliphatic hydroxyl groups is 1. The van der Waals surface area contributed by atoms with Crippen molar-refractivity contribution in [2.75, 3.05) is 19.7 Å². The maximum Gasteiger partial charge on any atom is 0.317 e. The molecule has 2 unspecified atom stereocenters. The number of rotatable bonds is 2. The lowest BCUT2D eigenvalue weighted by molar-refractivity contribution is 0.183. The molecule has 1 aliphatic carbocycles. The van der Waals surface area contributed by atoms with E-state index in [1.807, 2.05) is 4.90 Å². The van der Waals surface area contributed by atoms with Crippen LogP contribution < -0.4 is 5.32 Å². The number of hydrogen-bond donors (Lipinski definition) is 2. The van der Waals surface area contributed by atoms with Gasteiger partial charge in [-0.2, -0.15) is 0 Å². The third kappa shape index (κ3) is 2.43. The zero-order valence-electron chi connectivity index (χ0n) is 9.11. The molecule has 4 nitrogen and oxygen atoms in total. The molecule has 0 spiro atoms. The Bertz CT molecular complexity index is 227. The van der Waals surface area contributed by atoms with Crippen LogP contribution in [0.25, 0.3) is 0 Å². The molecule has 1 aliphatic heterocycles. The van der Waals surface area contributed by atoms with Gasteiger partial charge in [-0.3, -0.25) is 0 Å². The fraction of sp³-hybridized carbons (Fsp3) is 0.909. The molecule has 2 fully saturated rings. The van der Waals surface area contributed by atoms with Crippen molar-refractivity contribution >= 4 is 6.03 Å². The second-order valence-electron chi connectivity index (χ2n) is 4.62. The highest BCUT2D eigenvalue weighted by Gasteiger charge is 2.29. The molecule has 15 heavy (non-hydrogen) atoms. The molecule has 1 heterocycles. The number of carbonyl (C=O) groups is 1. The second kappa shape index (κ2) is 4.84. The lowest BCUT2D eigenvalue weighted by Crippen LogP contribution is -2.45. The molecule has 0 aromatic heterocycles. The number of amides is 2. The van der Waals surface area contributed by atoms with Gasteiger partial charge in [0.2, 0.25) is 0 Å². The number of nitrogens with one attached hydrogen (secondary N) is 1. The minimum atomic E-state index is 0.0675. The van der Waals surface area contributed by atoms with Gasteiger partial charge >= 0.3 is 6.03 Å². The first-order valence-electron chi connectivity index (χ1n) is 5.97. The Morgan fingerprint density at radius 1 is 1.27 bits per heavy atom. The maximum absolute atomic E-state index is 11.8. The van der Waals surface area contributed by atoms with E-state index >= 15 is 0 Å². The third-order valence-electron chi connectivity index (χ3n) is 3.60. The second-order valence-corrected chi connectivity index (χ2v) is 4.62. The molecule has 0 radical (unpaired) electrons. The molecule has 2 atom stereocenters. The van der Waals surface area contributed by atoms with Crippen molar-refractivity contribution < 1.29 is 9.90 Å². The van der Waals surface area contributed by atoms with Crippen LogP contribution in [0.2, 0.25) is 0 Å². The molecule has 0 aromatic carbocycles. The van der Waals surface area contributed by atoms with Crippen LogP contribution in [0.5, 0.6) is 0 Å². The lowest BCUT2D eigenvalue weighted by atomic mass is 10.1. The standard InChI is InChI=1S/C11H20N2O2/c14-8-9-4-3-5-10(9)12-11(15)13-6-1-2-7-13/h9-10,14H,1-8H2,(H,12,15). The minimum Gasteiger partial charge on any atom is -0.396 e. The van der Waals surface area contributed by atoms with Crippen molar-refractivity contribution in [3.63, 3.8) is 0 Å². The van der Waals surface area contributed by atoms with Crippen LogP contribution in [0.1, 0.15) is 32.1 Å². The summed E-state index contributed by atoms with van der Waals surface area (Å²) in [6, 6.07) is 0.265. The summed E-state index contributed by atoms with van der Waals surface area (Å²) in [7, 11) is 0. The Morgan fingerprint density at radius 3 is 2.67 bits per heavy atom. The fourth-order valence-electron chi connectivity index (χ4n) is 2.62. The highest BCUT2D eigenvalue weighted by Crippen LogP contribution is 2.25. The topological polar surface area (TPSA) is 52.6 Å². The minimum absolute atomic E-state index is 0.0675. The van der Waals surface area contributed by atoms with E-state index in [1.54, 1.807) is 0 Å². The molecule has 4 heteroatoms. The van der Waals surface area contributed by atoms with Gasteiger partial charge in [-0.15, -0.1) is 0 Å². The predicted molar refractivity (Wildman–Crippen MR) is 57.6 cm³/mol. The molecule has 2 N–H and O–H groups in total. The van der Waals surface area contributed by atoms with Crippen LogP contribution >= 0.6 is 0 Å². The average molecular weight is 212 g/mol. The summed E-state index contributed by atoms with van der Waals surface area (Å²) >= 11 is 0. The first-order valence-corrected chi connectivity index (χ1v) is 5.97. The van der Waals surface area contributed by atoms with E-state index in [0.717, 1.165) is 45.2 Å². The lowest BCUT2D eigenvalue weighted by Gasteiger charge is -2.23. The molecule has 2 amide bonds. The van der Waals surface area contributed by atoms with E-state index in [2.05, 4.69) is 5.32 Å². The van der Waals surface area contributed by atoms with Crippen molar-refractivity contribution in [2.45, 2.75) is 38.1 Å². The quantitative estimate of drug-likeness (QED) is 0.716. The summed E-state index contributed by atoms with van der Waals surface area (Å²) in [5.74, 6) is 0.275. The van der Waals surface area contributed by atoms with Crippen molar-refractivity contribution in [1.29, 1.82) is 0 Å². The van der Waals surface area contributed by atoms with Gasteiger partial charge in [-0.05, 0) is 25.7 Å². The summed E-state index contributed by atoms with van der Waals surface area (Å²) in [4.78, 5) is 13.7. The molecular weight excluding hydrogens is 192 g/mol. The Labute approximate surface area is 90.6 Å². The Morgan fingerprint density at radius 2 is 2.00 bits per heavy atom. The Hall–Kier alpha value is -0.770. The molecular formula is C11H20N2O2. The number of carbonyl (C=O) groups excluding carboxylic acids is 1. The van der Waals surface area contributed by atoms with E-state index in [0.29, 0.717) is 0 Å². The number of hydrogen-bond acceptors (Lipinski definition) is 2. The van der Waals surface area contributed by atoms with Gasteiger partial charge in [0.25, 0.3) is 0 Å². The van der Waals surface area contributed by atoms with Crippen LogP contribution in [0.4, 0.5) is 4.79 Å². The van der Waals surface area contributed by atoms with Gasteiger partial charge in [0.05, 0.1) is 0 Å². The van der Waals surface area contributed by atoms with Gasteiger partial charge < -0.3 is 15.3 Å². The molecule has 2 aliphatic rings. The molecule has 0 bridgehead atoms. The smallest absolute Gasteiger partial charge is 0.317 e. The van der Waals surface area contributed by atoms with Crippen molar-refractivity contribution in [3.05, 3.63) is 0 Å². The Balaban J connectivity index is 1.82. The number of nitrogens with zero attached hydrogens (tertiary/aromatic N) is 1. The van der Waals surface area contributed by atoms with Gasteiger partial charge in [0.15, 0.2) is 0 Å². The maximum atomic E-state index is 11.8. The van der Waals surface area contributed by atoms with Crippen molar-refractivity contribution in [2.24, 2.45) is 5.92 Å². The van der Waals surface area contributed by atoms with Crippen LogP contribution in [0.15, 0.2) is 0 Å². The number of aliphatic hydroxyl groups excluding tert-OH is 1. The molecule has 86 valence electrons. The normalized spacial score (nSPS) is 30.9. The monoisotopic (exact) mass is 212 g/mol. The largest absolute Gasteiger partial charge is 0.396 e. The van der Waals surface area contributed by atoms with E-state index in [4.69, 9.17) is 5.11 Å². The highest BCUT2D eigenvalue weighted by molar-refractivity contribution is 5.74. The van der Waals surface area contributed by atoms with Crippen LogP contribution in [-0.2, 0) is 0 Å². The van der Waals surface area contributed by atoms with Crippen LogP contribution in [0.3, 0.4) is 0 Å². The SMILES string of the molecule is O=C(NC1CCCC1CO)N1CCCC1. The van der Waals surface area contributed by atoms with Gasteiger partial charge in [-0.25, -0.2) is 4.79 Å². The summed E-state index contributed by atoms with van der Waals surface area (Å²) in [5, 5.41) is 12.2. The fourth-order valence-corrected chi connectivity index (χ4v) is 2.62. The van der Waals surface area contributed by atoms with Crippen LogP contribution in [-0.4, -0.2) is 41.8 Å². The zero-order chi connectivity index (χ0) is 10.7. The molecule has 1 saturated carbocycles. The van der Waals surface area contributed by atoms with Crippen LogP contribution in [0, 0.1) is 5.92 Å². The Kier molecular flexibility index (Phi) is 3.46. The summed E-state index contributed by atoms with van der Waals surface area (Å²) in [6.45, 7) is 1.98. The third-order valence-corrected chi connectivity index (χ3v) is 3.60. The molecule has 0 aromatic rings. The number of urea groups is 1. The summed E-state index contributed by atoms with van der Waals surface area (Å²) in [5.41, 5.74) is 0. The van der Waals surface area contributed by atoms with Crippen molar-refractivity contribution in [3.8, 4) is 0 Å². The molecule has 1 saturated heterocycles. The van der Waals surface area contributed by atoms with Gasteiger partial charge in [0.1, 0.15) is 0 Å². The predicted octanol–water partition coefficient (Wildman–Crippen LogP) is 0.953. The van der Waals surface area contributed by atoms with E-state index in [-0.39, 0.29) is 24.6 Å². The van der Waals surface area contributed by atoms with E-state index in [1.165, 1.54) is 0 Å². The van der Waals surface area contributed by atoms with E-state index < -0.39 is 0 Å². The highest BCUT2D eigenvalue weighted by atomic mass is 16.3. The first-order chi connectivity index (χ1) is 7.31. The zero-order valence-corrected chi connectivity index (χ0v) is 9.11. The van der Waals surface area contributed by atoms with Crippen molar-refractivity contribution in [1.82, 2.24) is 10.2 Å². The van der Waals surface area contributed by atoms with Gasteiger partial charge in [-0.1, -0.05) is 6.42 Å². The average Bonchev–Trinajstić information content (AvgIpc) is 2.87. The summed E-state index contributed by atoms with van der Waals surface area (Å²) < 4.78 is 0. The summed E-state index contributed by atoms with van der Waals surface area (Å²) in [6.07, 6.45) is 5.44. The van der Waals surface area contributed by atoms with E-state index in [9.17, 15) is 4.79 Å². The molecule has 2 rings (SSSR count).